The van der Waals surface area contributed by atoms with Gasteiger partial charge in [0.15, 0.2) is 5.78 Å². The molecule has 3 aromatic carbocycles. The van der Waals surface area contributed by atoms with E-state index in [-0.39, 0.29) is 24.0 Å². The smallest absolute Gasteiger partial charge is 0.258 e. The third-order valence-electron chi connectivity index (χ3n) is 4.95. The van der Waals surface area contributed by atoms with Gasteiger partial charge in [-0.1, -0.05) is 54.6 Å². The Morgan fingerprint density at radius 2 is 1.60 bits per heavy atom. The number of rotatable bonds is 6. The van der Waals surface area contributed by atoms with E-state index in [1.54, 1.807) is 18.3 Å². The fraction of sp³-hybridized carbons (Fsp3) is 0.154. The Labute approximate surface area is 175 Å². The van der Waals surface area contributed by atoms with Crippen molar-refractivity contribution in [3.63, 3.8) is 0 Å². The summed E-state index contributed by atoms with van der Waals surface area (Å²) in [5.41, 5.74) is 2.55. The minimum absolute atomic E-state index is 0.00367. The van der Waals surface area contributed by atoms with Crippen LogP contribution in [0.2, 0.25) is 0 Å². The molecule has 0 saturated heterocycles. The van der Waals surface area contributed by atoms with E-state index in [9.17, 15) is 9.59 Å². The summed E-state index contributed by atoms with van der Waals surface area (Å²) < 4.78 is 7.15. The van der Waals surface area contributed by atoms with Gasteiger partial charge in [0.2, 0.25) is 0 Å². The molecule has 1 heterocycles. The molecule has 0 aliphatic carbocycles. The highest BCUT2D eigenvalue weighted by atomic mass is 16.5. The molecule has 0 spiro atoms. The average Bonchev–Trinajstić information content (AvgIpc) is 2.76. The van der Waals surface area contributed by atoms with Gasteiger partial charge in [0, 0.05) is 17.1 Å². The Kier molecular flexibility index (Phi) is 5.48. The number of benzene rings is 3. The molecule has 0 saturated carbocycles. The van der Waals surface area contributed by atoms with Crippen LogP contribution < -0.4 is 10.3 Å². The molecule has 4 nitrogen and oxygen atoms in total. The summed E-state index contributed by atoms with van der Waals surface area (Å²) in [7, 11) is 0. The lowest BCUT2D eigenvalue weighted by atomic mass is 10.0. The summed E-state index contributed by atoms with van der Waals surface area (Å²) in [5, 5.41) is 1.37. The van der Waals surface area contributed by atoms with Crippen LogP contribution in [-0.2, 0) is 6.54 Å². The quantitative estimate of drug-likeness (QED) is 0.413. The number of pyridine rings is 1. The Balaban J connectivity index is 1.55. The number of nitrogens with zero attached hydrogens (tertiary/aromatic N) is 1. The number of carbonyl (C=O) groups is 1. The summed E-state index contributed by atoms with van der Waals surface area (Å²) in [6.45, 7) is 3.92. The molecule has 4 rings (SSSR count). The topological polar surface area (TPSA) is 48.3 Å². The van der Waals surface area contributed by atoms with E-state index in [4.69, 9.17) is 4.74 Å². The molecule has 4 heteroatoms. The minimum atomic E-state index is -0.183. The Hall–Kier alpha value is -3.66. The second-order valence-electron chi connectivity index (χ2n) is 7.53. The zero-order valence-electron chi connectivity index (χ0n) is 17.0. The van der Waals surface area contributed by atoms with E-state index in [0.717, 1.165) is 22.3 Å². The molecule has 4 aromatic rings. The van der Waals surface area contributed by atoms with Gasteiger partial charge in [-0.3, -0.25) is 9.59 Å². The lowest BCUT2D eigenvalue weighted by Gasteiger charge is -2.11. The van der Waals surface area contributed by atoms with Crippen molar-refractivity contribution >= 4 is 16.6 Å². The molecule has 150 valence electrons. The first kappa shape index (κ1) is 19.6. The van der Waals surface area contributed by atoms with Gasteiger partial charge in [0.05, 0.1) is 12.6 Å². The maximum Gasteiger partial charge on any atom is 0.258 e. The Morgan fingerprint density at radius 3 is 2.30 bits per heavy atom. The molecule has 0 N–H and O–H groups in total. The van der Waals surface area contributed by atoms with Gasteiger partial charge in [-0.15, -0.1) is 0 Å². The van der Waals surface area contributed by atoms with Gasteiger partial charge >= 0.3 is 0 Å². The van der Waals surface area contributed by atoms with E-state index in [2.05, 4.69) is 0 Å². The van der Waals surface area contributed by atoms with Crippen LogP contribution in [0.5, 0.6) is 5.75 Å². The van der Waals surface area contributed by atoms with Gasteiger partial charge in [-0.25, -0.2) is 0 Å². The molecule has 0 fully saturated rings. The number of ketones is 1. The van der Waals surface area contributed by atoms with Crippen molar-refractivity contribution in [2.75, 3.05) is 0 Å². The molecule has 1 aromatic heterocycles. The number of carbonyl (C=O) groups excluding carboxylic acids is 1. The van der Waals surface area contributed by atoms with Crippen LogP contribution in [0.4, 0.5) is 0 Å². The van der Waals surface area contributed by atoms with Crippen molar-refractivity contribution in [2.45, 2.75) is 26.5 Å². The summed E-state index contributed by atoms with van der Waals surface area (Å²) in [5.74, 6) is 0.625. The molecule has 0 amide bonds. The Morgan fingerprint density at radius 1 is 0.900 bits per heavy atom. The van der Waals surface area contributed by atoms with Crippen LogP contribution in [0.15, 0.2) is 89.9 Å². The van der Waals surface area contributed by atoms with Crippen LogP contribution in [0.1, 0.15) is 24.2 Å². The first-order chi connectivity index (χ1) is 14.5. The number of Topliss-reactive ketones (excluding diaryl/α,β-unsaturated/α-hetero) is 1. The number of fused-ring (bicyclic) bond motifs is 1. The molecule has 30 heavy (non-hydrogen) atoms. The Bertz CT molecular complexity index is 1240. The third-order valence-corrected chi connectivity index (χ3v) is 4.95. The predicted octanol–water partition coefficient (Wildman–Crippen LogP) is 5.34. The van der Waals surface area contributed by atoms with Crippen molar-refractivity contribution in [3.05, 3.63) is 101 Å². The lowest BCUT2D eigenvalue weighted by Crippen LogP contribution is -2.23. The molecule has 0 aliphatic rings. The molecule has 0 atom stereocenters. The van der Waals surface area contributed by atoms with Gasteiger partial charge in [0.25, 0.3) is 5.56 Å². The van der Waals surface area contributed by atoms with Crippen LogP contribution in [0.3, 0.4) is 0 Å². The van der Waals surface area contributed by atoms with Crippen molar-refractivity contribution in [1.82, 2.24) is 4.57 Å². The summed E-state index contributed by atoms with van der Waals surface area (Å²) in [6, 6.07) is 24.7. The second kappa shape index (κ2) is 8.37. The van der Waals surface area contributed by atoms with Gasteiger partial charge in [-0.2, -0.15) is 0 Å². The molecule has 0 unspecified atom stereocenters. The van der Waals surface area contributed by atoms with E-state index in [1.807, 2.05) is 80.6 Å². The lowest BCUT2D eigenvalue weighted by molar-refractivity contribution is 0.0971. The van der Waals surface area contributed by atoms with Crippen LogP contribution in [0, 0.1) is 0 Å². The monoisotopic (exact) mass is 397 g/mol. The van der Waals surface area contributed by atoms with Crippen LogP contribution in [-0.4, -0.2) is 16.5 Å². The summed E-state index contributed by atoms with van der Waals surface area (Å²) >= 11 is 0. The van der Waals surface area contributed by atoms with Crippen molar-refractivity contribution < 1.29 is 9.53 Å². The highest BCUT2D eigenvalue weighted by Crippen LogP contribution is 2.21. The maximum atomic E-state index is 12.8. The first-order valence-electron chi connectivity index (χ1n) is 10.00. The molecule has 0 aliphatic heterocycles. The van der Waals surface area contributed by atoms with Crippen LogP contribution >= 0.6 is 0 Å². The minimum Gasteiger partial charge on any atom is -0.491 e. The first-order valence-corrected chi connectivity index (χ1v) is 10.00. The fourth-order valence-electron chi connectivity index (χ4n) is 3.46. The maximum absolute atomic E-state index is 12.8. The predicted molar refractivity (Wildman–Crippen MR) is 120 cm³/mol. The van der Waals surface area contributed by atoms with Crippen LogP contribution in [0.25, 0.3) is 21.9 Å². The average molecular weight is 397 g/mol. The van der Waals surface area contributed by atoms with Gasteiger partial charge in [0.1, 0.15) is 5.75 Å². The van der Waals surface area contributed by atoms with E-state index >= 15 is 0 Å². The summed E-state index contributed by atoms with van der Waals surface area (Å²) in [6.07, 6.45) is 1.73. The number of hydrogen-bond donors (Lipinski definition) is 0. The zero-order chi connectivity index (χ0) is 21.1. The molecule has 0 radical (unpaired) electrons. The number of aromatic nitrogens is 1. The second-order valence-corrected chi connectivity index (χ2v) is 7.53. The SMILES string of the molecule is CC(C)Oc1ccc2c(=O)n(CC(=O)c3ccc(-c4ccccc4)cc3)ccc2c1. The molecular formula is C26H23NO3. The molecular weight excluding hydrogens is 374 g/mol. The van der Waals surface area contributed by atoms with E-state index in [0.29, 0.717) is 10.9 Å². The fourth-order valence-corrected chi connectivity index (χ4v) is 3.46. The highest BCUT2D eigenvalue weighted by molar-refractivity contribution is 5.96. The van der Waals surface area contributed by atoms with E-state index in [1.165, 1.54) is 4.57 Å². The van der Waals surface area contributed by atoms with Gasteiger partial charge < -0.3 is 9.30 Å². The van der Waals surface area contributed by atoms with Crippen molar-refractivity contribution in [3.8, 4) is 16.9 Å². The highest BCUT2D eigenvalue weighted by Gasteiger charge is 2.11. The van der Waals surface area contributed by atoms with Crippen molar-refractivity contribution in [2.24, 2.45) is 0 Å². The third kappa shape index (κ3) is 4.18. The largest absolute Gasteiger partial charge is 0.491 e. The standard InChI is InChI=1S/C26H23NO3/c1-18(2)30-23-12-13-24-22(16-23)14-15-27(26(24)29)17-25(28)21-10-8-20(9-11-21)19-6-4-3-5-7-19/h3-16,18H,17H2,1-2H3. The van der Waals surface area contributed by atoms with E-state index < -0.39 is 0 Å². The zero-order valence-corrected chi connectivity index (χ0v) is 17.0. The number of hydrogen-bond acceptors (Lipinski definition) is 3. The van der Waals surface area contributed by atoms with Crippen molar-refractivity contribution in [1.29, 1.82) is 0 Å². The molecule has 0 bridgehead atoms. The van der Waals surface area contributed by atoms with Gasteiger partial charge in [-0.05, 0) is 54.6 Å². The number of ether oxygens (including phenoxy) is 1. The normalized spacial score (nSPS) is 11.0. The summed E-state index contributed by atoms with van der Waals surface area (Å²) in [4.78, 5) is 25.6.